The van der Waals surface area contributed by atoms with Gasteiger partial charge in [0.1, 0.15) is 11.8 Å². The molecule has 8 nitrogen and oxygen atoms in total. The molecule has 1 aliphatic heterocycles. The van der Waals surface area contributed by atoms with Crippen LogP contribution >= 0.6 is 0 Å². The van der Waals surface area contributed by atoms with E-state index in [1.54, 1.807) is 23.2 Å². The first-order valence-electron chi connectivity index (χ1n) is 9.41. The summed E-state index contributed by atoms with van der Waals surface area (Å²) in [6, 6.07) is 10.3. The normalized spacial score (nSPS) is 15.8. The Bertz CT molecular complexity index is 1090. The van der Waals surface area contributed by atoms with E-state index in [4.69, 9.17) is 0 Å². The first-order chi connectivity index (χ1) is 14.1. The van der Waals surface area contributed by atoms with Crippen LogP contribution in [0.5, 0.6) is 0 Å². The number of nitrogens with one attached hydrogen (secondary N) is 1. The lowest BCUT2D eigenvalue weighted by atomic mass is 10.0. The number of benzene rings is 1. The van der Waals surface area contributed by atoms with Crippen molar-refractivity contribution in [2.24, 2.45) is 0 Å². The fraction of sp³-hybridized carbons (Fsp3) is 0.286. The largest absolute Gasteiger partial charge is 0.358 e. The van der Waals surface area contributed by atoms with Crippen LogP contribution in [0.4, 0.5) is 0 Å². The molecule has 0 spiro atoms. The maximum absolute atomic E-state index is 13.1. The summed E-state index contributed by atoms with van der Waals surface area (Å²) in [6.07, 6.45) is 3.01. The fourth-order valence-corrected chi connectivity index (χ4v) is 3.65. The van der Waals surface area contributed by atoms with Crippen molar-refractivity contribution in [2.75, 3.05) is 26.2 Å². The van der Waals surface area contributed by atoms with E-state index in [-0.39, 0.29) is 11.7 Å². The summed E-state index contributed by atoms with van der Waals surface area (Å²) in [5.74, 6) is -0.325. The molecule has 0 radical (unpaired) electrons. The molecule has 4 rings (SSSR count). The number of ketones is 1. The average molecular weight is 388 g/mol. The first kappa shape index (κ1) is 18.8. The van der Waals surface area contributed by atoms with E-state index in [2.05, 4.69) is 21.0 Å². The van der Waals surface area contributed by atoms with E-state index < -0.39 is 6.04 Å². The molecule has 3 aromatic rings. The van der Waals surface area contributed by atoms with Crippen molar-refractivity contribution in [3.05, 3.63) is 59.7 Å². The number of fused-ring (bicyclic) bond motifs is 1. The number of nitriles is 1. The molecule has 29 heavy (non-hydrogen) atoms. The summed E-state index contributed by atoms with van der Waals surface area (Å²) in [6.45, 7) is 3.68. The predicted octanol–water partition coefficient (Wildman–Crippen LogP) is 1.80. The van der Waals surface area contributed by atoms with Crippen LogP contribution in [0.2, 0.25) is 0 Å². The minimum Gasteiger partial charge on any atom is -0.358 e. The van der Waals surface area contributed by atoms with Crippen molar-refractivity contribution in [1.29, 1.82) is 5.26 Å². The SMILES string of the molecule is Cc1ncnc2c(C(=O)C(C#N)N3CCN(C(=O)c4ccccc4)CC3)c[nH]c12. The zero-order chi connectivity index (χ0) is 20.4. The number of carbonyl (C=O) groups is 2. The Morgan fingerprint density at radius 2 is 1.86 bits per heavy atom. The van der Waals surface area contributed by atoms with Crippen molar-refractivity contribution in [3.8, 4) is 6.07 Å². The number of amides is 1. The molecule has 0 saturated carbocycles. The van der Waals surface area contributed by atoms with Crippen molar-refractivity contribution >= 4 is 22.7 Å². The van der Waals surface area contributed by atoms with Gasteiger partial charge in [-0.1, -0.05) is 18.2 Å². The second-order valence-electron chi connectivity index (χ2n) is 6.98. The number of aromatic nitrogens is 3. The number of hydrogen-bond donors (Lipinski definition) is 1. The van der Waals surface area contributed by atoms with E-state index in [1.165, 1.54) is 6.33 Å². The number of carbonyl (C=O) groups excluding carboxylic acids is 2. The van der Waals surface area contributed by atoms with Crippen LogP contribution in [0.25, 0.3) is 11.0 Å². The van der Waals surface area contributed by atoms with Crippen molar-refractivity contribution in [3.63, 3.8) is 0 Å². The highest BCUT2D eigenvalue weighted by atomic mass is 16.2. The van der Waals surface area contributed by atoms with Gasteiger partial charge in [0.15, 0.2) is 11.8 Å². The highest BCUT2D eigenvalue weighted by Gasteiger charge is 2.32. The van der Waals surface area contributed by atoms with E-state index in [0.717, 1.165) is 5.69 Å². The van der Waals surface area contributed by atoms with Crippen molar-refractivity contribution in [1.82, 2.24) is 24.8 Å². The third-order valence-corrected chi connectivity index (χ3v) is 5.28. The Morgan fingerprint density at radius 1 is 1.14 bits per heavy atom. The van der Waals surface area contributed by atoms with Gasteiger partial charge in [-0.05, 0) is 19.1 Å². The zero-order valence-corrected chi connectivity index (χ0v) is 16.0. The van der Waals surface area contributed by atoms with Crippen LogP contribution in [-0.2, 0) is 0 Å². The lowest BCUT2D eigenvalue weighted by Gasteiger charge is -2.36. The number of hydrogen-bond acceptors (Lipinski definition) is 6. The molecule has 1 saturated heterocycles. The predicted molar refractivity (Wildman–Crippen MR) is 106 cm³/mol. The molecular weight excluding hydrogens is 368 g/mol. The Morgan fingerprint density at radius 3 is 2.55 bits per heavy atom. The summed E-state index contributed by atoms with van der Waals surface area (Å²) in [4.78, 5) is 40.6. The van der Waals surface area contributed by atoms with Gasteiger partial charge in [0.05, 0.1) is 22.8 Å². The van der Waals surface area contributed by atoms with Crippen LogP contribution < -0.4 is 0 Å². The fourth-order valence-electron chi connectivity index (χ4n) is 3.65. The molecule has 0 bridgehead atoms. The molecule has 8 heteroatoms. The smallest absolute Gasteiger partial charge is 0.253 e. The molecule has 1 aromatic carbocycles. The summed E-state index contributed by atoms with van der Waals surface area (Å²) in [5.41, 5.74) is 3.00. The Hall–Kier alpha value is -3.57. The number of H-pyrrole nitrogens is 1. The average Bonchev–Trinajstić information content (AvgIpc) is 3.20. The second-order valence-corrected chi connectivity index (χ2v) is 6.98. The van der Waals surface area contributed by atoms with Crippen LogP contribution in [-0.4, -0.2) is 68.7 Å². The van der Waals surface area contributed by atoms with Gasteiger partial charge < -0.3 is 9.88 Å². The van der Waals surface area contributed by atoms with Gasteiger partial charge in [0.25, 0.3) is 5.91 Å². The van der Waals surface area contributed by atoms with E-state index in [1.807, 2.05) is 30.0 Å². The van der Waals surface area contributed by atoms with Gasteiger partial charge in [-0.25, -0.2) is 9.97 Å². The molecule has 1 N–H and O–H groups in total. The maximum Gasteiger partial charge on any atom is 0.253 e. The topological polar surface area (TPSA) is 106 Å². The molecular formula is C21H20N6O2. The zero-order valence-electron chi connectivity index (χ0n) is 16.0. The molecule has 1 unspecified atom stereocenters. The third kappa shape index (κ3) is 3.48. The number of rotatable bonds is 4. The van der Waals surface area contributed by atoms with Crippen molar-refractivity contribution < 1.29 is 9.59 Å². The van der Waals surface area contributed by atoms with Gasteiger partial charge in [-0.15, -0.1) is 0 Å². The van der Waals surface area contributed by atoms with Gasteiger partial charge in [0.2, 0.25) is 0 Å². The summed E-state index contributed by atoms with van der Waals surface area (Å²) in [7, 11) is 0. The molecule has 1 atom stereocenters. The van der Waals surface area contributed by atoms with Crippen LogP contribution in [0.3, 0.4) is 0 Å². The maximum atomic E-state index is 13.1. The van der Waals surface area contributed by atoms with E-state index >= 15 is 0 Å². The van der Waals surface area contributed by atoms with Gasteiger partial charge in [0, 0.05) is 37.9 Å². The minimum absolute atomic E-state index is 0.0334. The molecule has 2 aromatic heterocycles. The molecule has 0 aliphatic carbocycles. The van der Waals surface area contributed by atoms with Crippen LogP contribution in [0.15, 0.2) is 42.9 Å². The van der Waals surface area contributed by atoms with E-state index in [0.29, 0.717) is 48.3 Å². The standard InChI is InChI=1S/C21H20N6O2/c1-14-18-19(25-13-24-14)16(12-23-18)20(28)17(11-22)26-7-9-27(10-8-26)21(29)15-5-3-2-4-6-15/h2-6,12-13,17,23H,7-10H2,1H3. The summed E-state index contributed by atoms with van der Waals surface area (Å²) < 4.78 is 0. The number of Topliss-reactive ketones (excluding diaryl/α,β-unsaturated/α-hetero) is 1. The summed E-state index contributed by atoms with van der Waals surface area (Å²) in [5, 5.41) is 9.69. The van der Waals surface area contributed by atoms with Gasteiger partial charge in [-0.2, -0.15) is 5.26 Å². The molecule has 1 fully saturated rings. The molecule has 146 valence electrons. The summed E-state index contributed by atoms with van der Waals surface area (Å²) >= 11 is 0. The third-order valence-electron chi connectivity index (χ3n) is 5.28. The van der Waals surface area contributed by atoms with E-state index in [9.17, 15) is 14.9 Å². The second kappa shape index (κ2) is 7.81. The lowest BCUT2D eigenvalue weighted by Crippen LogP contribution is -2.53. The van der Waals surface area contributed by atoms with Crippen LogP contribution in [0.1, 0.15) is 26.4 Å². The Balaban J connectivity index is 1.48. The number of aromatic amines is 1. The highest BCUT2D eigenvalue weighted by Crippen LogP contribution is 2.21. The van der Waals surface area contributed by atoms with Crippen molar-refractivity contribution in [2.45, 2.75) is 13.0 Å². The molecule has 1 aliphatic rings. The first-order valence-corrected chi connectivity index (χ1v) is 9.41. The number of nitrogens with zero attached hydrogens (tertiary/aromatic N) is 5. The minimum atomic E-state index is -0.918. The Labute approximate surface area is 167 Å². The number of aryl methyl sites for hydroxylation is 1. The Kier molecular flexibility index (Phi) is 5.06. The molecule has 3 heterocycles. The van der Waals surface area contributed by atoms with Gasteiger partial charge in [-0.3, -0.25) is 14.5 Å². The molecule has 1 amide bonds. The number of piperazine rings is 1. The van der Waals surface area contributed by atoms with Gasteiger partial charge >= 0.3 is 0 Å². The van der Waals surface area contributed by atoms with Crippen LogP contribution in [0, 0.1) is 18.3 Å². The lowest BCUT2D eigenvalue weighted by molar-refractivity contribution is 0.0582. The monoisotopic (exact) mass is 388 g/mol. The highest BCUT2D eigenvalue weighted by molar-refractivity contribution is 6.10. The quantitative estimate of drug-likeness (QED) is 0.683.